The van der Waals surface area contributed by atoms with E-state index in [1.807, 2.05) is 18.5 Å². The minimum Gasteiger partial charge on any atom is -0.334 e. The van der Waals surface area contributed by atoms with Crippen LogP contribution in [0, 0.1) is 13.8 Å². The third-order valence-corrected chi connectivity index (χ3v) is 5.72. The molecule has 0 spiro atoms. The molecule has 0 aromatic carbocycles. The number of rotatable bonds is 4. The summed E-state index contributed by atoms with van der Waals surface area (Å²) in [5, 5.41) is 4.53. The van der Waals surface area contributed by atoms with Gasteiger partial charge in [0.25, 0.3) is 5.91 Å². The Morgan fingerprint density at radius 3 is 2.43 bits per heavy atom. The molecule has 128 valence electrons. The minimum absolute atomic E-state index is 0.199. The molecule has 2 aliphatic rings. The number of hydrogen-bond acceptors (Lipinski definition) is 3. The molecular formula is C18H30N4O. The SMILES string of the molecule is CCN1CCCC1C1CCCN1C(=O)c1c(C)nn(CC)c1C. The average molecular weight is 318 g/mol. The van der Waals surface area contributed by atoms with E-state index in [0.717, 1.165) is 49.4 Å². The average Bonchev–Trinajstić information content (AvgIpc) is 3.24. The standard InChI is InChI=1S/C18H30N4O/c1-5-20-11-7-9-15(20)16-10-8-12-21(16)18(23)17-13(3)19-22(6-2)14(17)4/h15-16H,5-12H2,1-4H3. The molecule has 2 saturated heterocycles. The highest BCUT2D eigenvalue weighted by Crippen LogP contribution is 2.31. The number of likely N-dealkylation sites (N-methyl/N-ethyl adjacent to an activating group) is 1. The molecule has 2 aliphatic heterocycles. The summed E-state index contributed by atoms with van der Waals surface area (Å²) in [6, 6.07) is 0.932. The molecular weight excluding hydrogens is 288 g/mol. The van der Waals surface area contributed by atoms with Crippen molar-refractivity contribution in [2.24, 2.45) is 0 Å². The second kappa shape index (κ2) is 6.63. The first-order chi connectivity index (χ1) is 11.1. The second-order valence-corrected chi connectivity index (χ2v) is 6.91. The predicted octanol–water partition coefficient (Wildman–Crippen LogP) is 2.61. The molecule has 5 heteroatoms. The van der Waals surface area contributed by atoms with Gasteiger partial charge < -0.3 is 4.90 Å². The van der Waals surface area contributed by atoms with Crippen LogP contribution in [0.25, 0.3) is 0 Å². The van der Waals surface area contributed by atoms with E-state index in [4.69, 9.17) is 0 Å². The van der Waals surface area contributed by atoms with Crippen LogP contribution in [-0.4, -0.2) is 57.2 Å². The molecule has 0 aliphatic carbocycles. The maximum absolute atomic E-state index is 13.2. The molecule has 2 unspecified atom stereocenters. The van der Waals surface area contributed by atoms with Crippen LogP contribution >= 0.6 is 0 Å². The summed E-state index contributed by atoms with van der Waals surface area (Å²) in [6.45, 7) is 12.3. The minimum atomic E-state index is 0.199. The van der Waals surface area contributed by atoms with Crippen molar-refractivity contribution in [1.82, 2.24) is 19.6 Å². The van der Waals surface area contributed by atoms with Gasteiger partial charge >= 0.3 is 0 Å². The fraction of sp³-hybridized carbons (Fsp3) is 0.778. The van der Waals surface area contributed by atoms with Crippen LogP contribution in [0.15, 0.2) is 0 Å². The third kappa shape index (κ3) is 2.80. The van der Waals surface area contributed by atoms with Gasteiger partial charge in [0.15, 0.2) is 0 Å². The molecule has 2 atom stereocenters. The highest BCUT2D eigenvalue weighted by molar-refractivity contribution is 5.96. The van der Waals surface area contributed by atoms with E-state index in [9.17, 15) is 4.79 Å². The van der Waals surface area contributed by atoms with E-state index in [1.165, 1.54) is 19.4 Å². The van der Waals surface area contributed by atoms with E-state index in [0.29, 0.717) is 12.1 Å². The molecule has 1 amide bonds. The summed E-state index contributed by atoms with van der Waals surface area (Å²) in [6.07, 6.45) is 4.77. The zero-order chi connectivity index (χ0) is 16.6. The first-order valence-corrected chi connectivity index (χ1v) is 9.17. The van der Waals surface area contributed by atoms with Crippen LogP contribution in [0.5, 0.6) is 0 Å². The third-order valence-electron chi connectivity index (χ3n) is 5.72. The van der Waals surface area contributed by atoms with Crippen molar-refractivity contribution in [1.29, 1.82) is 0 Å². The first-order valence-electron chi connectivity index (χ1n) is 9.17. The van der Waals surface area contributed by atoms with E-state index in [-0.39, 0.29) is 5.91 Å². The number of carbonyl (C=O) groups excluding carboxylic acids is 1. The highest BCUT2D eigenvalue weighted by atomic mass is 16.2. The van der Waals surface area contributed by atoms with Crippen molar-refractivity contribution in [3.05, 3.63) is 17.0 Å². The Morgan fingerprint density at radius 1 is 1.09 bits per heavy atom. The summed E-state index contributed by atoms with van der Waals surface area (Å²) >= 11 is 0. The van der Waals surface area contributed by atoms with Gasteiger partial charge in [0.2, 0.25) is 0 Å². The maximum atomic E-state index is 13.2. The first kappa shape index (κ1) is 16.5. The molecule has 3 rings (SSSR count). The van der Waals surface area contributed by atoms with Crippen molar-refractivity contribution in [2.45, 2.75) is 72.0 Å². The van der Waals surface area contributed by atoms with Gasteiger partial charge in [-0.3, -0.25) is 14.4 Å². The summed E-state index contributed by atoms with van der Waals surface area (Å²) in [5.41, 5.74) is 2.72. The Balaban J connectivity index is 1.85. The molecule has 5 nitrogen and oxygen atoms in total. The number of carbonyl (C=O) groups is 1. The van der Waals surface area contributed by atoms with Crippen LogP contribution in [-0.2, 0) is 6.54 Å². The van der Waals surface area contributed by atoms with Crippen molar-refractivity contribution >= 4 is 5.91 Å². The predicted molar refractivity (Wildman–Crippen MR) is 91.7 cm³/mol. The monoisotopic (exact) mass is 318 g/mol. The number of nitrogens with zero attached hydrogens (tertiary/aromatic N) is 4. The molecule has 0 bridgehead atoms. The molecule has 3 heterocycles. The smallest absolute Gasteiger partial charge is 0.257 e. The van der Waals surface area contributed by atoms with Gasteiger partial charge in [-0.25, -0.2) is 0 Å². The lowest BCUT2D eigenvalue weighted by Gasteiger charge is -2.34. The molecule has 0 saturated carbocycles. The maximum Gasteiger partial charge on any atom is 0.257 e. The van der Waals surface area contributed by atoms with Gasteiger partial charge in [0, 0.05) is 30.9 Å². The van der Waals surface area contributed by atoms with Gasteiger partial charge in [-0.1, -0.05) is 6.92 Å². The van der Waals surface area contributed by atoms with Gasteiger partial charge in [0.1, 0.15) is 0 Å². The molecule has 2 fully saturated rings. The Kier molecular flexibility index (Phi) is 4.76. The number of amides is 1. The van der Waals surface area contributed by atoms with Crippen LogP contribution < -0.4 is 0 Å². The van der Waals surface area contributed by atoms with Crippen molar-refractivity contribution in [3.63, 3.8) is 0 Å². The Labute approximate surface area is 139 Å². The Bertz CT molecular complexity index is 580. The van der Waals surface area contributed by atoms with Crippen LogP contribution in [0.1, 0.15) is 61.3 Å². The van der Waals surface area contributed by atoms with E-state index < -0.39 is 0 Å². The fourth-order valence-corrected chi connectivity index (χ4v) is 4.58. The van der Waals surface area contributed by atoms with Gasteiger partial charge in [-0.15, -0.1) is 0 Å². The van der Waals surface area contributed by atoms with Crippen molar-refractivity contribution in [3.8, 4) is 0 Å². The number of likely N-dealkylation sites (tertiary alicyclic amines) is 2. The molecule has 1 aromatic rings. The van der Waals surface area contributed by atoms with Gasteiger partial charge in [0.05, 0.1) is 11.3 Å². The lowest BCUT2D eigenvalue weighted by Crippen LogP contribution is -2.48. The van der Waals surface area contributed by atoms with Crippen molar-refractivity contribution < 1.29 is 4.79 Å². The number of aryl methyl sites for hydroxylation is 2. The summed E-state index contributed by atoms with van der Waals surface area (Å²) < 4.78 is 1.95. The normalized spacial score (nSPS) is 25.5. The van der Waals surface area contributed by atoms with Crippen LogP contribution in [0.3, 0.4) is 0 Å². The van der Waals surface area contributed by atoms with E-state index in [2.05, 4.69) is 28.7 Å². The van der Waals surface area contributed by atoms with Crippen LogP contribution in [0.2, 0.25) is 0 Å². The van der Waals surface area contributed by atoms with Crippen molar-refractivity contribution in [2.75, 3.05) is 19.6 Å². The zero-order valence-corrected chi connectivity index (χ0v) is 15.0. The molecule has 1 aromatic heterocycles. The lowest BCUT2D eigenvalue weighted by atomic mass is 10.0. The zero-order valence-electron chi connectivity index (χ0n) is 15.0. The fourth-order valence-electron chi connectivity index (χ4n) is 4.58. The van der Waals surface area contributed by atoms with Crippen LogP contribution in [0.4, 0.5) is 0 Å². The molecule has 0 N–H and O–H groups in total. The largest absolute Gasteiger partial charge is 0.334 e. The molecule has 23 heavy (non-hydrogen) atoms. The second-order valence-electron chi connectivity index (χ2n) is 6.91. The summed E-state index contributed by atoms with van der Waals surface area (Å²) in [7, 11) is 0. The Morgan fingerprint density at radius 2 is 1.78 bits per heavy atom. The Hall–Kier alpha value is -1.36. The van der Waals surface area contributed by atoms with E-state index in [1.54, 1.807) is 0 Å². The topological polar surface area (TPSA) is 41.4 Å². The van der Waals surface area contributed by atoms with Gasteiger partial charge in [-0.2, -0.15) is 5.10 Å². The van der Waals surface area contributed by atoms with Gasteiger partial charge in [-0.05, 0) is 59.5 Å². The number of aromatic nitrogens is 2. The quantitative estimate of drug-likeness (QED) is 0.857. The van der Waals surface area contributed by atoms with E-state index >= 15 is 0 Å². The highest BCUT2D eigenvalue weighted by Gasteiger charge is 2.40. The number of hydrogen-bond donors (Lipinski definition) is 0. The summed E-state index contributed by atoms with van der Waals surface area (Å²) in [5.74, 6) is 0.199. The lowest BCUT2D eigenvalue weighted by molar-refractivity contribution is 0.0648. The summed E-state index contributed by atoms with van der Waals surface area (Å²) in [4.78, 5) is 17.9. The molecule has 0 radical (unpaired) electrons.